The molecule has 1 saturated heterocycles. The molecule has 2 nitrogen and oxygen atoms in total. The van der Waals surface area contributed by atoms with E-state index in [4.69, 9.17) is 0 Å². The van der Waals surface area contributed by atoms with Gasteiger partial charge < -0.3 is 10.4 Å². The summed E-state index contributed by atoms with van der Waals surface area (Å²) in [5.74, 6) is 2.16. The Bertz CT molecular complexity index is 578. The quantitative estimate of drug-likeness (QED) is 0.906. The SMILES string of the molecule is OC1(CNCc2ccc3ccccc3c2)CCSCC1. The predicted molar refractivity (Wildman–Crippen MR) is 87.2 cm³/mol. The molecule has 0 radical (unpaired) electrons. The molecular weight excluding hydrogens is 266 g/mol. The minimum atomic E-state index is -0.498. The van der Waals surface area contributed by atoms with E-state index in [-0.39, 0.29) is 0 Å². The van der Waals surface area contributed by atoms with Gasteiger partial charge in [-0.15, -0.1) is 0 Å². The largest absolute Gasteiger partial charge is 0.389 e. The fourth-order valence-corrected chi connectivity index (χ4v) is 3.97. The molecule has 0 saturated carbocycles. The number of rotatable bonds is 4. The van der Waals surface area contributed by atoms with Crippen LogP contribution >= 0.6 is 11.8 Å². The number of aliphatic hydroxyl groups is 1. The van der Waals surface area contributed by atoms with Crippen LogP contribution in [0.1, 0.15) is 18.4 Å². The molecule has 0 aromatic heterocycles. The highest BCUT2D eigenvalue weighted by Crippen LogP contribution is 2.26. The number of nitrogens with one attached hydrogen (secondary N) is 1. The molecule has 3 heteroatoms. The van der Waals surface area contributed by atoms with Crippen LogP contribution in [-0.4, -0.2) is 28.8 Å². The number of benzene rings is 2. The molecule has 1 aliphatic heterocycles. The lowest BCUT2D eigenvalue weighted by Gasteiger charge is -2.32. The Morgan fingerprint density at radius 2 is 1.80 bits per heavy atom. The van der Waals surface area contributed by atoms with Gasteiger partial charge in [0.05, 0.1) is 5.60 Å². The van der Waals surface area contributed by atoms with E-state index < -0.39 is 5.60 Å². The molecule has 0 atom stereocenters. The summed E-state index contributed by atoms with van der Waals surface area (Å²) in [5.41, 5.74) is 0.778. The van der Waals surface area contributed by atoms with Crippen molar-refractivity contribution in [1.29, 1.82) is 0 Å². The van der Waals surface area contributed by atoms with E-state index in [9.17, 15) is 5.11 Å². The third-order valence-corrected chi connectivity index (χ3v) is 5.01. The number of hydrogen-bond acceptors (Lipinski definition) is 3. The molecule has 2 aromatic rings. The molecule has 2 aromatic carbocycles. The zero-order valence-electron chi connectivity index (χ0n) is 11.6. The molecule has 0 bridgehead atoms. The lowest BCUT2D eigenvalue weighted by molar-refractivity contribution is 0.0320. The van der Waals surface area contributed by atoms with Crippen molar-refractivity contribution in [2.75, 3.05) is 18.1 Å². The Hall–Kier alpha value is -1.03. The van der Waals surface area contributed by atoms with E-state index in [1.54, 1.807) is 0 Å². The van der Waals surface area contributed by atoms with Gasteiger partial charge in [-0.2, -0.15) is 11.8 Å². The number of thioether (sulfide) groups is 1. The van der Waals surface area contributed by atoms with Crippen LogP contribution in [0.4, 0.5) is 0 Å². The molecule has 20 heavy (non-hydrogen) atoms. The minimum absolute atomic E-state index is 0.498. The van der Waals surface area contributed by atoms with E-state index in [1.165, 1.54) is 16.3 Å². The second-order valence-corrected chi connectivity index (χ2v) is 6.85. The second kappa shape index (κ2) is 6.17. The van der Waals surface area contributed by atoms with Crippen LogP contribution < -0.4 is 5.32 Å². The average Bonchev–Trinajstić information content (AvgIpc) is 2.48. The molecule has 0 amide bonds. The fraction of sp³-hybridized carbons (Fsp3) is 0.412. The van der Waals surface area contributed by atoms with Crippen molar-refractivity contribution in [1.82, 2.24) is 5.32 Å². The predicted octanol–water partition coefficient (Wildman–Crippen LogP) is 3.19. The van der Waals surface area contributed by atoms with Gasteiger partial charge in [0, 0.05) is 13.1 Å². The van der Waals surface area contributed by atoms with Crippen molar-refractivity contribution >= 4 is 22.5 Å². The van der Waals surface area contributed by atoms with E-state index in [1.807, 2.05) is 11.8 Å². The van der Waals surface area contributed by atoms with Gasteiger partial charge in [-0.1, -0.05) is 36.4 Å². The summed E-state index contributed by atoms with van der Waals surface area (Å²) in [4.78, 5) is 0. The summed E-state index contributed by atoms with van der Waals surface area (Å²) >= 11 is 1.94. The maximum Gasteiger partial charge on any atom is 0.0787 e. The number of fused-ring (bicyclic) bond motifs is 1. The summed E-state index contributed by atoms with van der Waals surface area (Å²) in [6.07, 6.45) is 1.81. The highest BCUT2D eigenvalue weighted by molar-refractivity contribution is 7.99. The molecule has 0 aliphatic carbocycles. The first-order valence-corrected chi connectivity index (χ1v) is 8.39. The average molecular weight is 287 g/mol. The maximum atomic E-state index is 10.4. The highest BCUT2D eigenvalue weighted by Gasteiger charge is 2.28. The molecule has 3 rings (SSSR count). The van der Waals surface area contributed by atoms with Gasteiger partial charge in [0.25, 0.3) is 0 Å². The second-order valence-electron chi connectivity index (χ2n) is 5.62. The lowest BCUT2D eigenvalue weighted by Crippen LogP contribution is -2.43. The van der Waals surface area contributed by atoms with Crippen molar-refractivity contribution in [2.45, 2.75) is 25.0 Å². The first-order valence-electron chi connectivity index (χ1n) is 7.24. The van der Waals surface area contributed by atoms with Crippen LogP contribution in [-0.2, 0) is 6.54 Å². The zero-order chi connectivity index (χ0) is 13.8. The van der Waals surface area contributed by atoms with Crippen LogP contribution in [0.2, 0.25) is 0 Å². The van der Waals surface area contributed by atoms with Crippen molar-refractivity contribution in [3.8, 4) is 0 Å². The smallest absolute Gasteiger partial charge is 0.0787 e. The van der Waals surface area contributed by atoms with Crippen molar-refractivity contribution in [3.05, 3.63) is 48.0 Å². The van der Waals surface area contributed by atoms with Crippen LogP contribution in [0.15, 0.2) is 42.5 Å². The molecule has 1 fully saturated rings. The Kier molecular flexibility index (Phi) is 4.29. The molecule has 0 unspecified atom stereocenters. The van der Waals surface area contributed by atoms with Crippen LogP contribution in [0.3, 0.4) is 0 Å². The van der Waals surface area contributed by atoms with Crippen LogP contribution in [0, 0.1) is 0 Å². The Morgan fingerprint density at radius 3 is 2.60 bits per heavy atom. The van der Waals surface area contributed by atoms with Gasteiger partial charge in [0.2, 0.25) is 0 Å². The molecule has 106 valence electrons. The Balaban J connectivity index is 1.59. The zero-order valence-corrected chi connectivity index (χ0v) is 12.5. The van der Waals surface area contributed by atoms with Gasteiger partial charge in [0.15, 0.2) is 0 Å². The standard InChI is InChI=1S/C17H21NOS/c19-17(7-9-20-10-8-17)13-18-12-14-5-6-15-3-1-2-4-16(15)11-14/h1-6,11,18-19H,7-10,12-13H2. The van der Waals surface area contributed by atoms with Gasteiger partial charge in [0.1, 0.15) is 0 Å². The van der Waals surface area contributed by atoms with Gasteiger partial charge in [-0.3, -0.25) is 0 Å². The van der Waals surface area contributed by atoms with Crippen LogP contribution in [0.25, 0.3) is 10.8 Å². The molecule has 1 heterocycles. The van der Waals surface area contributed by atoms with Gasteiger partial charge in [-0.05, 0) is 46.7 Å². The fourth-order valence-electron chi connectivity index (χ4n) is 2.72. The van der Waals surface area contributed by atoms with E-state index >= 15 is 0 Å². The monoisotopic (exact) mass is 287 g/mol. The molecule has 1 aliphatic rings. The third kappa shape index (κ3) is 3.35. The normalized spacial score (nSPS) is 18.2. The third-order valence-electron chi connectivity index (χ3n) is 4.02. The van der Waals surface area contributed by atoms with Gasteiger partial charge >= 0.3 is 0 Å². The summed E-state index contributed by atoms with van der Waals surface area (Å²) in [6.45, 7) is 1.51. The minimum Gasteiger partial charge on any atom is -0.389 e. The number of hydrogen-bond donors (Lipinski definition) is 2. The lowest BCUT2D eigenvalue weighted by atomic mass is 9.97. The van der Waals surface area contributed by atoms with Crippen molar-refractivity contribution < 1.29 is 5.11 Å². The Morgan fingerprint density at radius 1 is 1.05 bits per heavy atom. The molecule has 0 spiro atoms. The summed E-state index contributed by atoms with van der Waals surface area (Å²) in [5, 5.41) is 16.4. The topological polar surface area (TPSA) is 32.3 Å². The van der Waals surface area contributed by atoms with Gasteiger partial charge in [-0.25, -0.2) is 0 Å². The molecular formula is C17H21NOS. The first-order chi connectivity index (χ1) is 9.75. The van der Waals surface area contributed by atoms with Crippen molar-refractivity contribution in [3.63, 3.8) is 0 Å². The van der Waals surface area contributed by atoms with E-state index in [0.29, 0.717) is 6.54 Å². The molecule has 2 N–H and O–H groups in total. The van der Waals surface area contributed by atoms with Crippen molar-refractivity contribution in [2.24, 2.45) is 0 Å². The summed E-state index contributed by atoms with van der Waals surface area (Å²) < 4.78 is 0. The van der Waals surface area contributed by atoms with E-state index in [0.717, 1.165) is 30.9 Å². The van der Waals surface area contributed by atoms with E-state index in [2.05, 4.69) is 47.8 Å². The summed E-state index contributed by atoms with van der Waals surface area (Å²) in [6, 6.07) is 15.0. The maximum absolute atomic E-state index is 10.4. The summed E-state index contributed by atoms with van der Waals surface area (Å²) in [7, 11) is 0. The van der Waals surface area contributed by atoms with Crippen LogP contribution in [0.5, 0.6) is 0 Å². The Labute approximate surface area is 124 Å². The highest BCUT2D eigenvalue weighted by atomic mass is 32.2. The first kappa shape index (κ1) is 13.9.